The fourth-order valence-electron chi connectivity index (χ4n) is 4.15. The summed E-state index contributed by atoms with van der Waals surface area (Å²) in [4.78, 5) is 24.4. The molecule has 0 aliphatic rings. The lowest BCUT2D eigenvalue weighted by Gasteiger charge is -2.29. The van der Waals surface area contributed by atoms with Gasteiger partial charge in [-0.25, -0.2) is 8.42 Å². The number of amides is 1. The molecule has 10 heteroatoms. The molecule has 0 saturated heterocycles. The van der Waals surface area contributed by atoms with Crippen LogP contribution < -0.4 is 15.8 Å². The monoisotopic (exact) mass is 533 g/mol. The van der Waals surface area contributed by atoms with Crippen molar-refractivity contribution in [3.05, 3.63) is 53.6 Å². The van der Waals surface area contributed by atoms with Gasteiger partial charge in [-0.2, -0.15) is 4.31 Å². The van der Waals surface area contributed by atoms with Crippen molar-refractivity contribution < 1.29 is 27.9 Å². The number of nitrogen functional groups attached to an aromatic ring is 1. The molecule has 2 aromatic rings. The molecule has 1 amide bonds. The molecule has 0 aliphatic carbocycles. The zero-order chi connectivity index (χ0) is 27.6. The molecule has 0 radical (unpaired) electrons. The Morgan fingerprint density at radius 2 is 1.78 bits per heavy atom. The molecule has 4 N–H and O–H groups in total. The van der Waals surface area contributed by atoms with Crippen LogP contribution in [0.1, 0.15) is 50.7 Å². The molecule has 2 rings (SSSR count). The number of carbonyl (C=O) groups excluding carboxylic acids is 1. The van der Waals surface area contributed by atoms with Crippen molar-refractivity contribution in [2.45, 2.75) is 63.8 Å². The molecule has 0 bridgehead atoms. The van der Waals surface area contributed by atoms with E-state index in [0.29, 0.717) is 37.9 Å². The molecule has 1 atom stereocenters. The third-order valence-electron chi connectivity index (χ3n) is 6.01. The number of nitrogens with one attached hydrogen (secondary N) is 1. The van der Waals surface area contributed by atoms with Gasteiger partial charge in [-0.1, -0.05) is 32.0 Å². The Bertz CT molecular complexity index is 1150. The second kappa shape index (κ2) is 14.0. The van der Waals surface area contributed by atoms with Crippen LogP contribution in [0.5, 0.6) is 5.75 Å². The number of anilines is 1. The summed E-state index contributed by atoms with van der Waals surface area (Å²) in [6.07, 6.45) is 1.95. The van der Waals surface area contributed by atoms with E-state index in [-0.39, 0.29) is 29.7 Å². The molecule has 9 nitrogen and oxygen atoms in total. The van der Waals surface area contributed by atoms with E-state index < -0.39 is 22.0 Å². The normalized spacial score (nSPS) is 12.5. The topological polar surface area (TPSA) is 139 Å². The number of aryl methyl sites for hydroxylation is 2. The molecule has 204 valence electrons. The van der Waals surface area contributed by atoms with E-state index in [1.807, 2.05) is 39.0 Å². The fourth-order valence-corrected chi connectivity index (χ4v) is 5.92. The number of rotatable bonds is 15. The van der Waals surface area contributed by atoms with Crippen molar-refractivity contribution in [3.8, 4) is 5.75 Å². The van der Waals surface area contributed by atoms with E-state index in [2.05, 4.69) is 5.32 Å². The number of carbonyl (C=O) groups is 2. The van der Waals surface area contributed by atoms with Crippen molar-refractivity contribution in [3.63, 3.8) is 0 Å². The van der Waals surface area contributed by atoms with Crippen LogP contribution in [0.4, 0.5) is 5.69 Å². The number of benzene rings is 2. The summed E-state index contributed by atoms with van der Waals surface area (Å²) in [6.45, 7) is 6.09. The van der Waals surface area contributed by atoms with E-state index in [0.717, 1.165) is 21.2 Å². The number of carboxylic acid groups (broad SMARTS) is 1. The van der Waals surface area contributed by atoms with Gasteiger partial charge in [0.2, 0.25) is 15.9 Å². The number of methoxy groups -OCH3 is 1. The highest BCUT2D eigenvalue weighted by molar-refractivity contribution is 7.89. The van der Waals surface area contributed by atoms with Crippen molar-refractivity contribution in [2.75, 3.05) is 25.9 Å². The first kappa shape index (κ1) is 30.1. The Labute approximate surface area is 220 Å². The van der Waals surface area contributed by atoms with E-state index in [1.165, 1.54) is 24.3 Å². The van der Waals surface area contributed by atoms with E-state index in [4.69, 9.17) is 10.5 Å². The summed E-state index contributed by atoms with van der Waals surface area (Å²) in [5.74, 6) is -0.590. The zero-order valence-electron chi connectivity index (χ0n) is 22.1. The SMILES string of the molecule is COc1c(C)cccc1CCC(=O)NCCCC[C@@H](C(=O)O)N(CC(C)C)S(=O)(=O)c1ccc(N)cc1. The third-order valence-corrected chi connectivity index (χ3v) is 7.90. The molecule has 37 heavy (non-hydrogen) atoms. The summed E-state index contributed by atoms with van der Waals surface area (Å²) in [7, 11) is -2.43. The molecule has 0 unspecified atom stereocenters. The first-order valence-corrected chi connectivity index (χ1v) is 13.9. The number of unbranched alkanes of at least 4 members (excludes halogenated alkanes) is 1. The number of aliphatic carboxylic acids is 1. The highest BCUT2D eigenvalue weighted by Crippen LogP contribution is 2.25. The molecule has 0 aliphatic heterocycles. The quantitative estimate of drug-likeness (QED) is 0.235. The van der Waals surface area contributed by atoms with Crippen molar-refractivity contribution in [1.82, 2.24) is 9.62 Å². The van der Waals surface area contributed by atoms with E-state index in [9.17, 15) is 23.1 Å². The minimum absolute atomic E-state index is 0.00565. The number of nitrogens with zero attached hydrogens (tertiary/aromatic N) is 1. The fraction of sp³-hybridized carbons (Fsp3) is 0.481. The second-order valence-corrected chi connectivity index (χ2v) is 11.4. The van der Waals surface area contributed by atoms with Gasteiger partial charge in [0, 0.05) is 25.2 Å². The van der Waals surface area contributed by atoms with Gasteiger partial charge in [-0.05, 0) is 73.9 Å². The summed E-state index contributed by atoms with van der Waals surface area (Å²) in [5.41, 5.74) is 8.08. The van der Waals surface area contributed by atoms with Crippen molar-refractivity contribution in [2.24, 2.45) is 5.92 Å². The van der Waals surface area contributed by atoms with Crippen LogP contribution >= 0.6 is 0 Å². The summed E-state index contributed by atoms with van der Waals surface area (Å²) >= 11 is 0. The highest BCUT2D eigenvalue weighted by atomic mass is 32.2. The molecule has 0 spiro atoms. The largest absolute Gasteiger partial charge is 0.496 e. The van der Waals surface area contributed by atoms with Gasteiger partial charge in [-0.3, -0.25) is 9.59 Å². The smallest absolute Gasteiger partial charge is 0.322 e. The summed E-state index contributed by atoms with van der Waals surface area (Å²) in [5, 5.41) is 12.7. The predicted molar refractivity (Wildman–Crippen MR) is 144 cm³/mol. The summed E-state index contributed by atoms with van der Waals surface area (Å²) < 4.78 is 33.1. The maximum absolute atomic E-state index is 13.3. The predicted octanol–water partition coefficient (Wildman–Crippen LogP) is 3.61. The lowest BCUT2D eigenvalue weighted by atomic mass is 10.0. The van der Waals surface area contributed by atoms with Gasteiger partial charge in [-0.15, -0.1) is 0 Å². The van der Waals surface area contributed by atoms with Crippen molar-refractivity contribution in [1.29, 1.82) is 0 Å². The number of hydrogen-bond acceptors (Lipinski definition) is 6. The average Bonchev–Trinajstić information content (AvgIpc) is 2.83. The second-order valence-electron chi connectivity index (χ2n) is 9.50. The van der Waals surface area contributed by atoms with Crippen LogP contribution in [0.15, 0.2) is 47.4 Å². The van der Waals surface area contributed by atoms with Crippen LogP contribution in [-0.4, -0.2) is 55.9 Å². The number of hydrogen-bond donors (Lipinski definition) is 3. The minimum atomic E-state index is -4.04. The lowest BCUT2D eigenvalue weighted by Crippen LogP contribution is -2.46. The van der Waals surface area contributed by atoms with Gasteiger partial charge in [0.15, 0.2) is 0 Å². The van der Waals surface area contributed by atoms with Gasteiger partial charge < -0.3 is 20.9 Å². The van der Waals surface area contributed by atoms with Crippen molar-refractivity contribution >= 4 is 27.6 Å². The molecule has 0 fully saturated rings. The van der Waals surface area contributed by atoms with Crippen LogP contribution in [0, 0.1) is 12.8 Å². The third kappa shape index (κ3) is 8.75. The number of nitrogens with two attached hydrogens (primary N) is 1. The van der Waals surface area contributed by atoms with Crippen LogP contribution in [-0.2, 0) is 26.0 Å². The number of sulfonamides is 1. The van der Waals surface area contributed by atoms with Gasteiger partial charge in [0.05, 0.1) is 12.0 Å². The highest BCUT2D eigenvalue weighted by Gasteiger charge is 2.36. The average molecular weight is 534 g/mol. The van der Waals surface area contributed by atoms with E-state index in [1.54, 1.807) is 7.11 Å². The van der Waals surface area contributed by atoms with Crippen LogP contribution in [0.2, 0.25) is 0 Å². The number of para-hydroxylation sites is 1. The number of ether oxygens (including phenoxy) is 1. The molecular formula is C27H39N3O6S. The van der Waals surface area contributed by atoms with Crippen LogP contribution in [0.3, 0.4) is 0 Å². The van der Waals surface area contributed by atoms with Crippen LogP contribution in [0.25, 0.3) is 0 Å². The maximum Gasteiger partial charge on any atom is 0.322 e. The lowest BCUT2D eigenvalue weighted by molar-refractivity contribution is -0.142. The molecule has 0 aromatic heterocycles. The Morgan fingerprint density at radius 3 is 2.38 bits per heavy atom. The van der Waals surface area contributed by atoms with Gasteiger partial charge in [0.25, 0.3) is 0 Å². The molecule has 0 saturated carbocycles. The first-order valence-electron chi connectivity index (χ1n) is 12.5. The molecule has 0 heterocycles. The summed E-state index contributed by atoms with van der Waals surface area (Å²) in [6, 6.07) is 10.3. The van der Waals surface area contributed by atoms with Gasteiger partial charge in [0.1, 0.15) is 11.8 Å². The first-order chi connectivity index (χ1) is 17.5. The molecular weight excluding hydrogens is 494 g/mol. The minimum Gasteiger partial charge on any atom is -0.496 e. The number of carboxylic acids is 1. The van der Waals surface area contributed by atoms with E-state index >= 15 is 0 Å². The Morgan fingerprint density at radius 1 is 1.11 bits per heavy atom. The molecule has 2 aromatic carbocycles. The van der Waals surface area contributed by atoms with Gasteiger partial charge >= 0.3 is 5.97 Å². The zero-order valence-corrected chi connectivity index (χ0v) is 22.9. The Balaban J connectivity index is 1.94. The Kier molecular flexibility index (Phi) is 11.4. The standard InChI is InChI=1S/C27H39N3O6S/c1-19(2)18-30(37(34,35)23-14-12-22(28)13-15-23)24(27(32)33)10-5-6-17-29-25(31)16-11-21-9-7-8-20(3)26(21)36-4/h7-9,12-15,19,24H,5-6,10-11,16-18,28H2,1-4H3,(H,29,31)(H,32,33)/t24-/m0/s1. The Hall–Kier alpha value is -3.11. The maximum atomic E-state index is 13.3.